The zero-order valence-electron chi connectivity index (χ0n) is 16.7. The van der Waals surface area contributed by atoms with Crippen LogP contribution in [0.1, 0.15) is 51.5 Å². The summed E-state index contributed by atoms with van der Waals surface area (Å²) in [5.41, 5.74) is 2.42. The van der Waals surface area contributed by atoms with E-state index >= 15 is 0 Å². The molecule has 0 fully saturated rings. The van der Waals surface area contributed by atoms with Crippen LogP contribution in [0.4, 0.5) is 0 Å². The van der Waals surface area contributed by atoms with E-state index in [1.165, 1.54) is 0 Å². The highest BCUT2D eigenvalue weighted by molar-refractivity contribution is 5.99. The molecule has 150 valence electrons. The Morgan fingerprint density at radius 1 is 1.00 bits per heavy atom. The fourth-order valence-electron chi connectivity index (χ4n) is 2.93. The minimum absolute atomic E-state index is 0.219. The Bertz CT molecular complexity index is 842. The quantitative estimate of drug-likeness (QED) is 0.705. The zero-order valence-corrected chi connectivity index (χ0v) is 16.7. The summed E-state index contributed by atoms with van der Waals surface area (Å²) in [4.78, 5) is 41.4. The second-order valence-corrected chi connectivity index (χ2v) is 6.32. The monoisotopic (exact) mass is 386 g/mol. The average Bonchev–Trinajstić information content (AvgIpc) is 2.99. The van der Waals surface area contributed by atoms with Gasteiger partial charge in [0.2, 0.25) is 0 Å². The second kappa shape index (κ2) is 9.73. The van der Waals surface area contributed by atoms with Gasteiger partial charge in [0.05, 0.1) is 12.2 Å². The molecule has 1 aromatic heterocycles. The Hall–Kier alpha value is -3.09. The highest BCUT2D eigenvalue weighted by Gasteiger charge is 2.24. The van der Waals surface area contributed by atoms with Gasteiger partial charge in [-0.3, -0.25) is 4.79 Å². The third kappa shape index (κ3) is 5.00. The van der Waals surface area contributed by atoms with E-state index < -0.39 is 11.9 Å². The van der Waals surface area contributed by atoms with Crippen molar-refractivity contribution < 1.29 is 23.9 Å². The van der Waals surface area contributed by atoms with Crippen molar-refractivity contribution in [2.75, 3.05) is 19.8 Å². The van der Waals surface area contributed by atoms with Crippen LogP contribution in [0, 0.1) is 13.8 Å². The number of carbonyl (C=O) groups is 3. The van der Waals surface area contributed by atoms with E-state index in [0.717, 1.165) is 5.56 Å². The Kier molecular flexibility index (Phi) is 7.37. The van der Waals surface area contributed by atoms with Crippen LogP contribution in [0.15, 0.2) is 30.3 Å². The number of aryl methyl sites for hydroxylation is 1. The first kappa shape index (κ1) is 21.2. The van der Waals surface area contributed by atoms with Gasteiger partial charge in [0.15, 0.2) is 6.61 Å². The lowest BCUT2D eigenvalue weighted by Crippen LogP contribution is -2.34. The van der Waals surface area contributed by atoms with Crippen molar-refractivity contribution in [2.24, 2.45) is 0 Å². The molecular formula is C21H26N2O5. The summed E-state index contributed by atoms with van der Waals surface area (Å²) >= 11 is 0. The standard InChI is InChI=1S/C21H26N2O5/c1-5-23(12-16-10-8-7-9-11-16)17(24)13-28-20(25)18-14(3)19(22-15(18)4)21(26)27-6-2/h7-11,22H,5-6,12-13H2,1-4H3. The number of ether oxygens (including phenoxy) is 2. The molecule has 1 aromatic carbocycles. The van der Waals surface area contributed by atoms with Gasteiger partial charge in [0, 0.05) is 18.8 Å². The van der Waals surface area contributed by atoms with Crippen LogP contribution in [0.5, 0.6) is 0 Å². The van der Waals surface area contributed by atoms with Gasteiger partial charge in [-0.05, 0) is 38.8 Å². The van der Waals surface area contributed by atoms with Crippen molar-refractivity contribution in [3.05, 3.63) is 58.4 Å². The summed E-state index contributed by atoms with van der Waals surface area (Å²) in [5.74, 6) is -1.46. The number of hydrogen-bond acceptors (Lipinski definition) is 5. The summed E-state index contributed by atoms with van der Waals surface area (Å²) in [7, 11) is 0. The van der Waals surface area contributed by atoms with E-state index in [9.17, 15) is 14.4 Å². The molecule has 0 atom stereocenters. The summed E-state index contributed by atoms with van der Waals surface area (Å²) < 4.78 is 10.2. The molecule has 1 heterocycles. The Morgan fingerprint density at radius 3 is 2.29 bits per heavy atom. The molecule has 28 heavy (non-hydrogen) atoms. The third-order valence-electron chi connectivity index (χ3n) is 4.40. The maximum Gasteiger partial charge on any atom is 0.355 e. The minimum atomic E-state index is -0.647. The van der Waals surface area contributed by atoms with Crippen LogP contribution < -0.4 is 0 Å². The highest BCUT2D eigenvalue weighted by atomic mass is 16.5. The highest BCUT2D eigenvalue weighted by Crippen LogP contribution is 2.20. The molecular weight excluding hydrogens is 360 g/mol. The van der Waals surface area contributed by atoms with Gasteiger partial charge in [0.1, 0.15) is 5.69 Å². The number of likely N-dealkylation sites (N-methyl/N-ethyl adjacent to an activating group) is 1. The van der Waals surface area contributed by atoms with Crippen molar-refractivity contribution in [1.29, 1.82) is 0 Å². The predicted molar refractivity (Wildman–Crippen MR) is 104 cm³/mol. The van der Waals surface area contributed by atoms with Gasteiger partial charge in [-0.15, -0.1) is 0 Å². The largest absolute Gasteiger partial charge is 0.461 e. The van der Waals surface area contributed by atoms with Crippen LogP contribution in [0.2, 0.25) is 0 Å². The summed E-state index contributed by atoms with van der Waals surface area (Å²) in [6, 6.07) is 9.60. The fourth-order valence-corrected chi connectivity index (χ4v) is 2.93. The first-order valence-corrected chi connectivity index (χ1v) is 9.24. The van der Waals surface area contributed by atoms with E-state index in [4.69, 9.17) is 9.47 Å². The van der Waals surface area contributed by atoms with Crippen LogP contribution in [0.25, 0.3) is 0 Å². The van der Waals surface area contributed by atoms with Crippen LogP contribution in [0.3, 0.4) is 0 Å². The number of carbonyl (C=O) groups excluding carboxylic acids is 3. The molecule has 0 saturated heterocycles. The molecule has 2 aromatic rings. The normalized spacial score (nSPS) is 10.4. The Morgan fingerprint density at radius 2 is 1.68 bits per heavy atom. The van der Waals surface area contributed by atoms with Crippen LogP contribution in [-0.2, 0) is 20.8 Å². The molecule has 0 aliphatic carbocycles. The number of nitrogens with one attached hydrogen (secondary N) is 1. The van der Waals surface area contributed by atoms with Crippen molar-refractivity contribution in [1.82, 2.24) is 9.88 Å². The molecule has 7 heteroatoms. The minimum Gasteiger partial charge on any atom is -0.461 e. The molecule has 0 aliphatic heterocycles. The second-order valence-electron chi connectivity index (χ2n) is 6.32. The van der Waals surface area contributed by atoms with Crippen LogP contribution >= 0.6 is 0 Å². The number of benzene rings is 1. The molecule has 1 amide bonds. The van der Waals surface area contributed by atoms with Gasteiger partial charge in [-0.2, -0.15) is 0 Å². The number of nitrogens with zero attached hydrogens (tertiary/aromatic N) is 1. The predicted octanol–water partition coefficient (Wildman–Crippen LogP) is 3.01. The topological polar surface area (TPSA) is 88.7 Å². The van der Waals surface area contributed by atoms with Gasteiger partial charge in [-0.1, -0.05) is 30.3 Å². The SMILES string of the molecule is CCOC(=O)c1[nH]c(C)c(C(=O)OCC(=O)N(CC)Cc2ccccc2)c1C. The first-order chi connectivity index (χ1) is 13.4. The molecule has 1 N–H and O–H groups in total. The number of hydrogen-bond donors (Lipinski definition) is 1. The van der Waals surface area contributed by atoms with E-state index in [-0.39, 0.29) is 30.4 Å². The summed E-state index contributed by atoms with van der Waals surface area (Å²) in [6.45, 7) is 7.71. The third-order valence-corrected chi connectivity index (χ3v) is 4.40. The maximum absolute atomic E-state index is 12.5. The lowest BCUT2D eigenvalue weighted by molar-refractivity contribution is -0.134. The molecule has 2 rings (SSSR count). The van der Waals surface area contributed by atoms with Gasteiger partial charge in [0.25, 0.3) is 5.91 Å². The van der Waals surface area contributed by atoms with Crippen molar-refractivity contribution in [3.8, 4) is 0 Å². The number of aromatic amines is 1. The number of H-pyrrole nitrogens is 1. The summed E-state index contributed by atoms with van der Waals surface area (Å²) in [5, 5.41) is 0. The Labute approximate surface area is 164 Å². The average molecular weight is 386 g/mol. The van der Waals surface area contributed by atoms with Crippen molar-refractivity contribution >= 4 is 17.8 Å². The number of amides is 1. The van der Waals surface area contributed by atoms with Gasteiger partial charge < -0.3 is 19.4 Å². The van der Waals surface area contributed by atoms with Crippen molar-refractivity contribution in [3.63, 3.8) is 0 Å². The zero-order chi connectivity index (χ0) is 20.7. The first-order valence-electron chi connectivity index (χ1n) is 9.24. The summed E-state index contributed by atoms with van der Waals surface area (Å²) in [6.07, 6.45) is 0. The molecule has 0 saturated carbocycles. The fraction of sp³-hybridized carbons (Fsp3) is 0.381. The molecule has 0 unspecified atom stereocenters. The lowest BCUT2D eigenvalue weighted by Gasteiger charge is -2.20. The van der Waals surface area contributed by atoms with Crippen LogP contribution in [-0.4, -0.2) is 47.5 Å². The molecule has 0 bridgehead atoms. The number of rotatable bonds is 8. The van der Waals surface area contributed by atoms with E-state index in [2.05, 4.69) is 4.98 Å². The van der Waals surface area contributed by atoms with Gasteiger partial charge in [-0.25, -0.2) is 9.59 Å². The van der Waals surface area contributed by atoms with E-state index in [0.29, 0.717) is 24.3 Å². The Balaban J connectivity index is 2.03. The van der Waals surface area contributed by atoms with E-state index in [1.807, 2.05) is 37.3 Å². The molecule has 0 spiro atoms. The smallest absolute Gasteiger partial charge is 0.355 e. The lowest BCUT2D eigenvalue weighted by atomic mass is 10.1. The maximum atomic E-state index is 12.5. The molecule has 0 aliphatic rings. The van der Waals surface area contributed by atoms with E-state index in [1.54, 1.807) is 25.7 Å². The number of aromatic nitrogens is 1. The number of esters is 2. The van der Waals surface area contributed by atoms with Crippen molar-refractivity contribution in [2.45, 2.75) is 34.2 Å². The molecule has 0 radical (unpaired) electrons. The van der Waals surface area contributed by atoms with Gasteiger partial charge >= 0.3 is 11.9 Å². The molecule has 7 nitrogen and oxygen atoms in total.